The molecule has 0 radical (unpaired) electrons. The SMILES string of the molecule is c1cc(-c2ccc(-n3c4ccccc4c4ccccc43)cc2)cc(-c2cc(-c3ccc(-n4c5ccccc5c5ccccc54)cc3)nc(-c3ccc(-n4c5ccccc5c5ccccc54)cc3)n2)c1. The summed E-state index contributed by atoms with van der Waals surface area (Å²) >= 11 is 0. The van der Waals surface area contributed by atoms with Crippen LogP contribution in [0.15, 0.2) is 249 Å². The Bertz CT molecular complexity index is 3950. The second kappa shape index (κ2) is 15.7. The number of benzene rings is 10. The average Bonchev–Trinajstić information content (AvgIpc) is 4.07. The van der Waals surface area contributed by atoms with Crippen LogP contribution in [0.5, 0.6) is 0 Å². The van der Waals surface area contributed by atoms with Crippen LogP contribution in [0, 0.1) is 0 Å². The zero-order valence-corrected chi connectivity index (χ0v) is 37.4. The molecule has 0 fully saturated rings. The summed E-state index contributed by atoms with van der Waals surface area (Å²) in [4.78, 5) is 10.6. The van der Waals surface area contributed by atoms with Gasteiger partial charge in [0.25, 0.3) is 0 Å². The first-order valence-electron chi connectivity index (χ1n) is 23.5. The first-order valence-corrected chi connectivity index (χ1v) is 23.5. The molecule has 69 heavy (non-hydrogen) atoms. The summed E-state index contributed by atoms with van der Waals surface area (Å²) in [6.07, 6.45) is 0. The molecular formula is C64H41N5. The van der Waals surface area contributed by atoms with Gasteiger partial charge in [-0.3, -0.25) is 0 Å². The van der Waals surface area contributed by atoms with Gasteiger partial charge in [0.05, 0.1) is 44.5 Å². The van der Waals surface area contributed by atoms with Crippen molar-refractivity contribution in [3.8, 4) is 62.1 Å². The van der Waals surface area contributed by atoms with E-state index >= 15 is 0 Å². The molecule has 5 nitrogen and oxygen atoms in total. The van der Waals surface area contributed by atoms with E-state index in [1.807, 2.05) is 0 Å². The molecule has 4 aromatic heterocycles. The van der Waals surface area contributed by atoms with E-state index in [1.54, 1.807) is 0 Å². The highest BCUT2D eigenvalue weighted by Gasteiger charge is 2.17. The summed E-state index contributed by atoms with van der Waals surface area (Å²) in [5, 5.41) is 7.48. The van der Waals surface area contributed by atoms with Crippen molar-refractivity contribution < 1.29 is 0 Å². The van der Waals surface area contributed by atoms with E-state index in [2.05, 4.69) is 262 Å². The fraction of sp³-hybridized carbons (Fsp3) is 0. The zero-order chi connectivity index (χ0) is 45.4. The summed E-state index contributed by atoms with van der Waals surface area (Å²) in [6, 6.07) is 89.1. The van der Waals surface area contributed by atoms with Gasteiger partial charge in [0.2, 0.25) is 0 Å². The molecular weight excluding hydrogens is 839 g/mol. The number of fused-ring (bicyclic) bond motifs is 9. The molecule has 10 aromatic carbocycles. The quantitative estimate of drug-likeness (QED) is 0.160. The third kappa shape index (κ3) is 6.32. The van der Waals surface area contributed by atoms with Gasteiger partial charge in [0.1, 0.15) is 0 Å². The van der Waals surface area contributed by atoms with Crippen molar-refractivity contribution in [1.29, 1.82) is 0 Å². The van der Waals surface area contributed by atoms with Crippen LogP contribution >= 0.6 is 0 Å². The van der Waals surface area contributed by atoms with Gasteiger partial charge in [0, 0.05) is 66.1 Å². The van der Waals surface area contributed by atoms with Gasteiger partial charge in [-0.15, -0.1) is 0 Å². The number of aromatic nitrogens is 5. The summed E-state index contributed by atoms with van der Waals surface area (Å²) in [6.45, 7) is 0. The van der Waals surface area contributed by atoms with E-state index in [-0.39, 0.29) is 0 Å². The molecule has 4 heterocycles. The van der Waals surface area contributed by atoms with E-state index < -0.39 is 0 Å². The van der Waals surface area contributed by atoms with Gasteiger partial charge < -0.3 is 13.7 Å². The Morgan fingerprint density at radius 2 is 0.522 bits per heavy atom. The molecule has 0 aliphatic heterocycles. The minimum atomic E-state index is 0.670. The molecule has 0 saturated heterocycles. The van der Waals surface area contributed by atoms with Crippen LogP contribution in [0.1, 0.15) is 0 Å². The second-order valence-corrected chi connectivity index (χ2v) is 17.8. The molecule has 0 amide bonds. The molecule has 0 saturated carbocycles. The monoisotopic (exact) mass is 879 g/mol. The molecule has 322 valence electrons. The Morgan fingerprint density at radius 3 is 0.899 bits per heavy atom. The predicted molar refractivity (Wildman–Crippen MR) is 287 cm³/mol. The third-order valence-corrected chi connectivity index (χ3v) is 13.9. The minimum Gasteiger partial charge on any atom is -0.309 e. The Morgan fingerprint density at radius 1 is 0.217 bits per heavy atom. The van der Waals surface area contributed by atoms with Crippen molar-refractivity contribution in [2.75, 3.05) is 0 Å². The van der Waals surface area contributed by atoms with Crippen LogP contribution in [0.2, 0.25) is 0 Å². The van der Waals surface area contributed by atoms with Gasteiger partial charge in [-0.2, -0.15) is 0 Å². The van der Waals surface area contributed by atoms with Crippen LogP contribution in [-0.4, -0.2) is 23.7 Å². The van der Waals surface area contributed by atoms with Crippen molar-refractivity contribution in [3.05, 3.63) is 249 Å². The van der Waals surface area contributed by atoms with Crippen LogP contribution < -0.4 is 0 Å². The van der Waals surface area contributed by atoms with E-state index in [0.717, 1.165) is 56.3 Å². The number of nitrogens with zero attached hydrogens (tertiary/aromatic N) is 5. The largest absolute Gasteiger partial charge is 0.309 e. The van der Waals surface area contributed by atoms with Gasteiger partial charge in [-0.25, -0.2) is 9.97 Å². The Labute approximate surface area is 398 Å². The van der Waals surface area contributed by atoms with Gasteiger partial charge in [0.15, 0.2) is 5.82 Å². The molecule has 0 aliphatic carbocycles. The second-order valence-electron chi connectivity index (χ2n) is 17.8. The highest BCUT2D eigenvalue weighted by Crippen LogP contribution is 2.37. The maximum absolute atomic E-state index is 5.33. The lowest BCUT2D eigenvalue weighted by Crippen LogP contribution is -1.98. The maximum atomic E-state index is 5.33. The number of para-hydroxylation sites is 6. The van der Waals surface area contributed by atoms with E-state index in [9.17, 15) is 0 Å². The molecule has 0 bridgehead atoms. The van der Waals surface area contributed by atoms with Crippen molar-refractivity contribution in [2.24, 2.45) is 0 Å². The number of hydrogen-bond donors (Lipinski definition) is 0. The molecule has 0 unspecified atom stereocenters. The lowest BCUT2D eigenvalue weighted by Gasteiger charge is -2.13. The molecule has 0 atom stereocenters. The highest BCUT2D eigenvalue weighted by molar-refractivity contribution is 6.11. The maximum Gasteiger partial charge on any atom is 0.160 e. The van der Waals surface area contributed by atoms with Crippen molar-refractivity contribution in [2.45, 2.75) is 0 Å². The van der Waals surface area contributed by atoms with Crippen molar-refractivity contribution in [3.63, 3.8) is 0 Å². The van der Waals surface area contributed by atoms with Crippen LogP contribution in [0.4, 0.5) is 0 Å². The highest BCUT2D eigenvalue weighted by atomic mass is 15.0. The lowest BCUT2D eigenvalue weighted by molar-refractivity contribution is 1.16. The van der Waals surface area contributed by atoms with Crippen LogP contribution in [0.3, 0.4) is 0 Å². The minimum absolute atomic E-state index is 0.670. The zero-order valence-electron chi connectivity index (χ0n) is 37.4. The van der Waals surface area contributed by atoms with Gasteiger partial charge in [-0.1, -0.05) is 152 Å². The molecule has 0 N–H and O–H groups in total. The third-order valence-electron chi connectivity index (χ3n) is 13.9. The normalized spacial score (nSPS) is 11.8. The molecule has 14 rings (SSSR count). The smallest absolute Gasteiger partial charge is 0.160 e. The van der Waals surface area contributed by atoms with Crippen molar-refractivity contribution >= 4 is 65.4 Å². The van der Waals surface area contributed by atoms with Gasteiger partial charge in [-0.05, 0) is 108 Å². The summed E-state index contributed by atoms with van der Waals surface area (Å²) in [7, 11) is 0. The Hall–Kier alpha value is -9.32. The van der Waals surface area contributed by atoms with Crippen LogP contribution in [-0.2, 0) is 0 Å². The first kappa shape index (κ1) is 38.9. The fourth-order valence-corrected chi connectivity index (χ4v) is 10.7. The van der Waals surface area contributed by atoms with E-state index in [1.165, 1.54) is 65.4 Å². The first-order chi connectivity index (χ1) is 34.2. The molecule has 5 heteroatoms. The van der Waals surface area contributed by atoms with Crippen LogP contribution in [0.25, 0.3) is 128 Å². The molecule has 0 aliphatic rings. The van der Waals surface area contributed by atoms with E-state index in [4.69, 9.17) is 9.97 Å². The standard InChI is InChI=1S/C64H41N5/c1-7-22-58-50(16-1)51-17-2-8-23-59(51)67(58)47-34-28-42(29-35-47)45-14-13-15-46(40-45)57-41-56(43-30-36-48(37-31-43)68-60-24-9-3-18-52(60)53-19-4-10-25-61(53)68)65-64(66-57)44-32-38-49(39-33-44)69-62-26-11-5-20-54(62)55-21-6-12-27-63(55)69/h1-41H. The number of hydrogen-bond acceptors (Lipinski definition) is 2. The molecule has 14 aromatic rings. The molecule has 0 spiro atoms. The topological polar surface area (TPSA) is 40.6 Å². The Kier molecular flexibility index (Phi) is 8.83. The van der Waals surface area contributed by atoms with E-state index in [0.29, 0.717) is 5.82 Å². The average molecular weight is 880 g/mol. The lowest BCUT2D eigenvalue weighted by atomic mass is 10.00. The fourth-order valence-electron chi connectivity index (χ4n) is 10.7. The van der Waals surface area contributed by atoms with Gasteiger partial charge >= 0.3 is 0 Å². The summed E-state index contributed by atoms with van der Waals surface area (Å²) in [5.41, 5.74) is 17.4. The summed E-state index contributed by atoms with van der Waals surface area (Å²) < 4.78 is 7.06. The van der Waals surface area contributed by atoms with Crippen molar-refractivity contribution in [1.82, 2.24) is 23.7 Å². The number of rotatable bonds is 7. The summed E-state index contributed by atoms with van der Waals surface area (Å²) in [5.74, 6) is 0.670. The predicted octanol–water partition coefficient (Wildman–Crippen LogP) is 16.4. The Balaban J connectivity index is 0.868.